The van der Waals surface area contributed by atoms with Crippen LogP contribution in [0.4, 0.5) is 0 Å². The standard InChI is InChI=1S/C13H20Cl2N2/c1-3-4-9(2)5-13(17-16)10-6-11(14)8-12(15)7-10/h6-9,13,17H,3-5,16H2,1-2H3. The Morgan fingerprint density at radius 2 is 1.82 bits per heavy atom. The predicted octanol–water partition coefficient (Wildman–Crippen LogP) is 4.32. The van der Waals surface area contributed by atoms with E-state index >= 15 is 0 Å². The number of nitrogens with two attached hydrogens (primary N) is 1. The molecule has 0 aliphatic rings. The van der Waals surface area contributed by atoms with Crippen molar-refractivity contribution in [2.75, 3.05) is 0 Å². The van der Waals surface area contributed by atoms with Crippen molar-refractivity contribution in [2.24, 2.45) is 11.8 Å². The van der Waals surface area contributed by atoms with Crippen molar-refractivity contribution in [1.82, 2.24) is 5.43 Å². The molecule has 0 radical (unpaired) electrons. The smallest absolute Gasteiger partial charge is 0.0463 e. The first-order valence-electron chi connectivity index (χ1n) is 5.99. The Balaban J connectivity index is 2.78. The summed E-state index contributed by atoms with van der Waals surface area (Å²) in [6.45, 7) is 4.43. The molecule has 0 bridgehead atoms. The van der Waals surface area contributed by atoms with Crippen molar-refractivity contribution in [1.29, 1.82) is 0 Å². The maximum absolute atomic E-state index is 6.00. The second-order valence-electron chi connectivity index (χ2n) is 4.55. The van der Waals surface area contributed by atoms with Gasteiger partial charge in [-0.25, -0.2) is 0 Å². The Morgan fingerprint density at radius 3 is 2.29 bits per heavy atom. The first-order valence-corrected chi connectivity index (χ1v) is 6.74. The summed E-state index contributed by atoms with van der Waals surface area (Å²) in [7, 11) is 0. The molecule has 2 unspecified atom stereocenters. The molecule has 4 heteroatoms. The van der Waals surface area contributed by atoms with E-state index in [0.29, 0.717) is 16.0 Å². The van der Waals surface area contributed by atoms with Crippen molar-refractivity contribution in [2.45, 2.75) is 39.2 Å². The summed E-state index contributed by atoms with van der Waals surface area (Å²) in [6.07, 6.45) is 3.38. The average molecular weight is 275 g/mol. The summed E-state index contributed by atoms with van der Waals surface area (Å²) >= 11 is 12.0. The zero-order valence-electron chi connectivity index (χ0n) is 10.3. The molecule has 0 spiro atoms. The minimum absolute atomic E-state index is 0.104. The minimum atomic E-state index is 0.104. The third-order valence-electron chi connectivity index (χ3n) is 2.91. The molecule has 17 heavy (non-hydrogen) atoms. The van der Waals surface area contributed by atoms with Gasteiger partial charge in [-0.05, 0) is 36.1 Å². The van der Waals surface area contributed by atoms with E-state index in [1.807, 2.05) is 12.1 Å². The number of halogens is 2. The Morgan fingerprint density at radius 1 is 1.24 bits per heavy atom. The molecule has 0 aromatic heterocycles. The van der Waals surface area contributed by atoms with Crippen LogP contribution in [-0.4, -0.2) is 0 Å². The Bertz CT molecular complexity index is 335. The van der Waals surface area contributed by atoms with Crippen LogP contribution in [0.15, 0.2) is 18.2 Å². The molecule has 0 saturated heterocycles. The quantitative estimate of drug-likeness (QED) is 0.599. The van der Waals surface area contributed by atoms with Gasteiger partial charge in [-0.1, -0.05) is 49.9 Å². The summed E-state index contributed by atoms with van der Waals surface area (Å²) in [5.41, 5.74) is 3.89. The van der Waals surface area contributed by atoms with E-state index in [1.165, 1.54) is 12.8 Å². The van der Waals surface area contributed by atoms with Crippen LogP contribution in [0.25, 0.3) is 0 Å². The number of nitrogens with one attached hydrogen (secondary N) is 1. The lowest BCUT2D eigenvalue weighted by Crippen LogP contribution is -2.29. The third-order valence-corrected chi connectivity index (χ3v) is 3.34. The lowest BCUT2D eigenvalue weighted by atomic mass is 9.93. The monoisotopic (exact) mass is 274 g/mol. The number of hydrogen-bond donors (Lipinski definition) is 2. The van der Waals surface area contributed by atoms with Gasteiger partial charge in [0.1, 0.15) is 0 Å². The zero-order chi connectivity index (χ0) is 12.8. The normalized spacial score (nSPS) is 14.6. The maximum atomic E-state index is 6.00. The Kier molecular flexibility index (Phi) is 6.28. The molecule has 1 aromatic carbocycles. The highest BCUT2D eigenvalue weighted by molar-refractivity contribution is 6.34. The fraction of sp³-hybridized carbons (Fsp3) is 0.538. The number of hydrazine groups is 1. The molecular weight excluding hydrogens is 255 g/mol. The lowest BCUT2D eigenvalue weighted by molar-refractivity contribution is 0.394. The Hall–Kier alpha value is -0.280. The molecule has 3 N–H and O–H groups in total. The minimum Gasteiger partial charge on any atom is -0.271 e. The van der Waals surface area contributed by atoms with E-state index in [1.54, 1.807) is 6.07 Å². The fourth-order valence-corrected chi connectivity index (χ4v) is 2.63. The molecular formula is C13H20Cl2N2. The van der Waals surface area contributed by atoms with Crippen LogP contribution in [0.2, 0.25) is 10.0 Å². The second kappa shape index (κ2) is 7.22. The first kappa shape index (κ1) is 14.8. The molecule has 0 amide bonds. The average Bonchev–Trinajstić information content (AvgIpc) is 2.24. The topological polar surface area (TPSA) is 38.0 Å². The summed E-state index contributed by atoms with van der Waals surface area (Å²) in [5.74, 6) is 6.24. The molecule has 96 valence electrons. The van der Waals surface area contributed by atoms with Gasteiger partial charge in [0.15, 0.2) is 0 Å². The highest BCUT2D eigenvalue weighted by Crippen LogP contribution is 2.28. The van der Waals surface area contributed by atoms with E-state index in [0.717, 1.165) is 12.0 Å². The summed E-state index contributed by atoms with van der Waals surface area (Å²) in [6, 6.07) is 5.66. The molecule has 1 aromatic rings. The van der Waals surface area contributed by atoms with Crippen molar-refractivity contribution < 1.29 is 0 Å². The van der Waals surface area contributed by atoms with Crippen LogP contribution in [0.5, 0.6) is 0 Å². The van der Waals surface area contributed by atoms with E-state index in [4.69, 9.17) is 29.0 Å². The zero-order valence-corrected chi connectivity index (χ0v) is 11.9. The van der Waals surface area contributed by atoms with Gasteiger partial charge in [0.2, 0.25) is 0 Å². The molecule has 0 heterocycles. The van der Waals surface area contributed by atoms with Gasteiger partial charge in [0.25, 0.3) is 0 Å². The first-order chi connectivity index (χ1) is 8.06. The number of benzene rings is 1. The summed E-state index contributed by atoms with van der Waals surface area (Å²) in [4.78, 5) is 0. The molecule has 0 fully saturated rings. The molecule has 1 rings (SSSR count). The number of rotatable bonds is 6. The molecule has 0 aliphatic heterocycles. The maximum Gasteiger partial charge on any atom is 0.0463 e. The van der Waals surface area contributed by atoms with E-state index in [2.05, 4.69) is 19.3 Å². The summed E-state index contributed by atoms with van der Waals surface area (Å²) in [5, 5.41) is 1.30. The van der Waals surface area contributed by atoms with Crippen molar-refractivity contribution in [3.63, 3.8) is 0 Å². The molecule has 0 saturated carbocycles. The van der Waals surface area contributed by atoms with Gasteiger partial charge in [0.05, 0.1) is 0 Å². The largest absolute Gasteiger partial charge is 0.271 e. The molecule has 0 aliphatic carbocycles. The highest BCUT2D eigenvalue weighted by atomic mass is 35.5. The predicted molar refractivity (Wildman–Crippen MR) is 75.2 cm³/mol. The highest BCUT2D eigenvalue weighted by Gasteiger charge is 2.14. The van der Waals surface area contributed by atoms with Gasteiger partial charge < -0.3 is 0 Å². The van der Waals surface area contributed by atoms with E-state index < -0.39 is 0 Å². The van der Waals surface area contributed by atoms with Crippen LogP contribution in [-0.2, 0) is 0 Å². The molecule has 2 nitrogen and oxygen atoms in total. The van der Waals surface area contributed by atoms with Crippen LogP contribution >= 0.6 is 23.2 Å². The molecule has 2 atom stereocenters. The number of hydrogen-bond acceptors (Lipinski definition) is 2. The van der Waals surface area contributed by atoms with Gasteiger partial charge in [-0.2, -0.15) is 0 Å². The van der Waals surface area contributed by atoms with Gasteiger partial charge in [-0.15, -0.1) is 0 Å². The van der Waals surface area contributed by atoms with Crippen LogP contribution in [0.1, 0.15) is 44.7 Å². The second-order valence-corrected chi connectivity index (χ2v) is 5.42. The lowest BCUT2D eigenvalue weighted by Gasteiger charge is -2.21. The van der Waals surface area contributed by atoms with Crippen molar-refractivity contribution in [3.05, 3.63) is 33.8 Å². The SMILES string of the molecule is CCCC(C)CC(NN)c1cc(Cl)cc(Cl)c1. The Labute approximate surface area is 113 Å². The van der Waals surface area contributed by atoms with Crippen LogP contribution in [0.3, 0.4) is 0 Å². The summed E-state index contributed by atoms with van der Waals surface area (Å²) < 4.78 is 0. The van der Waals surface area contributed by atoms with Crippen LogP contribution in [0, 0.1) is 5.92 Å². The van der Waals surface area contributed by atoms with E-state index in [9.17, 15) is 0 Å². The van der Waals surface area contributed by atoms with Crippen LogP contribution < -0.4 is 11.3 Å². The van der Waals surface area contributed by atoms with E-state index in [-0.39, 0.29) is 6.04 Å². The third kappa shape index (κ3) is 4.84. The van der Waals surface area contributed by atoms with Gasteiger partial charge in [-0.3, -0.25) is 11.3 Å². The van der Waals surface area contributed by atoms with Crippen molar-refractivity contribution in [3.8, 4) is 0 Å². The van der Waals surface area contributed by atoms with Gasteiger partial charge >= 0.3 is 0 Å². The van der Waals surface area contributed by atoms with Crippen molar-refractivity contribution >= 4 is 23.2 Å². The van der Waals surface area contributed by atoms with Gasteiger partial charge in [0, 0.05) is 16.1 Å². The fourth-order valence-electron chi connectivity index (χ4n) is 2.09.